The summed E-state index contributed by atoms with van der Waals surface area (Å²) in [5.74, 6) is 0.459. The van der Waals surface area contributed by atoms with Gasteiger partial charge in [-0.3, -0.25) is 4.79 Å². The highest BCUT2D eigenvalue weighted by Crippen LogP contribution is 2.36. The molecule has 0 radical (unpaired) electrons. The molecule has 1 aliphatic carbocycles. The van der Waals surface area contributed by atoms with Gasteiger partial charge in [0.25, 0.3) is 0 Å². The number of hydrogen-bond donors (Lipinski definition) is 0. The highest BCUT2D eigenvalue weighted by atomic mass is 16.5. The van der Waals surface area contributed by atoms with Crippen LogP contribution in [0.3, 0.4) is 0 Å². The van der Waals surface area contributed by atoms with Gasteiger partial charge in [-0.1, -0.05) is 19.4 Å². The van der Waals surface area contributed by atoms with Gasteiger partial charge in [-0.25, -0.2) is 0 Å². The molecule has 3 heteroatoms. The first-order valence-corrected chi connectivity index (χ1v) is 9.00. The Balaban J connectivity index is 1.97. The van der Waals surface area contributed by atoms with E-state index >= 15 is 0 Å². The summed E-state index contributed by atoms with van der Waals surface area (Å²) in [5, 5.41) is 0. The molecular formula is C20H31NO2. The van der Waals surface area contributed by atoms with Crippen molar-refractivity contribution in [3.05, 3.63) is 29.3 Å². The molecule has 0 saturated heterocycles. The Kier molecular flexibility index (Phi) is 6.49. The van der Waals surface area contributed by atoms with Gasteiger partial charge in [0.05, 0.1) is 0 Å². The topological polar surface area (TPSA) is 29.5 Å². The van der Waals surface area contributed by atoms with Crippen molar-refractivity contribution in [3.63, 3.8) is 0 Å². The van der Waals surface area contributed by atoms with Crippen LogP contribution in [0, 0.1) is 6.92 Å². The normalized spacial score (nSPS) is 21.0. The summed E-state index contributed by atoms with van der Waals surface area (Å²) in [6, 6.07) is 6.89. The van der Waals surface area contributed by atoms with Gasteiger partial charge in [0, 0.05) is 26.2 Å². The molecule has 0 unspecified atom stereocenters. The third kappa shape index (κ3) is 4.98. The van der Waals surface area contributed by atoms with Crippen molar-refractivity contribution in [1.29, 1.82) is 0 Å². The molecule has 0 N–H and O–H groups in total. The molecule has 0 spiro atoms. The van der Waals surface area contributed by atoms with Crippen LogP contribution in [0.1, 0.15) is 69.4 Å². The number of aryl methyl sites for hydroxylation is 1. The smallest absolute Gasteiger partial charge is 0.302 e. The number of anilines is 1. The molecule has 0 bridgehead atoms. The first kappa shape index (κ1) is 17.8. The number of esters is 1. The van der Waals surface area contributed by atoms with E-state index in [4.69, 9.17) is 4.74 Å². The molecule has 0 aromatic heterocycles. The predicted molar refractivity (Wildman–Crippen MR) is 96.1 cm³/mol. The van der Waals surface area contributed by atoms with Crippen LogP contribution in [0.5, 0.6) is 0 Å². The zero-order chi connectivity index (χ0) is 16.8. The maximum atomic E-state index is 11.1. The highest BCUT2D eigenvalue weighted by Gasteiger charge is 2.25. The summed E-state index contributed by atoms with van der Waals surface area (Å²) in [6.07, 6.45) is 6.80. The number of hydrogen-bond acceptors (Lipinski definition) is 3. The van der Waals surface area contributed by atoms with Gasteiger partial charge in [-0.2, -0.15) is 0 Å². The molecule has 23 heavy (non-hydrogen) atoms. The molecule has 0 atom stereocenters. The standard InChI is InChI=1S/C20H31NO2/c1-5-6-13-21(4)18-9-12-20(15(2)14-18)17-7-10-19(11-8-17)23-16(3)22/h9,12,14,17,19H,5-8,10-11,13H2,1-4H3. The van der Waals surface area contributed by atoms with Gasteiger partial charge in [-0.15, -0.1) is 0 Å². The average molecular weight is 317 g/mol. The van der Waals surface area contributed by atoms with Gasteiger partial charge < -0.3 is 9.64 Å². The molecule has 0 aliphatic heterocycles. The number of carbonyl (C=O) groups is 1. The summed E-state index contributed by atoms with van der Waals surface area (Å²) in [5.41, 5.74) is 4.18. The van der Waals surface area contributed by atoms with Crippen LogP contribution in [0.15, 0.2) is 18.2 Å². The summed E-state index contributed by atoms with van der Waals surface area (Å²) in [6.45, 7) is 7.08. The zero-order valence-electron chi connectivity index (χ0n) is 15.1. The van der Waals surface area contributed by atoms with Crippen LogP contribution in [0.2, 0.25) is 0 Å². The Bertz CT molecular complexity index is 518. The Hall–Kier alpha value is -1.51. The quantitative estimate of drug-likeness (QED) is 0.704. The van der Waals surface area contributed by atoms with E-state index in [9.17, 15) is 4.79 Å². The molecule has 128 valence electrons. The van der Waals surface area contributed by atoms with Gasteiger partial charge >= 0.3 is 5.97 Å². The molecule has 1 saturated carbocycles. The second-order valence-corrected chi connectivity index (χ2v) is 6.90. The minimum Gasteiger partial charge on any atom is -0.463 e. The Labute approximate surface area is 141 Å². The monoisotopic (exact) mass is 317 g/mol. The molecule has 0 amide bonds. The first-order chi connectivity index (χ1) is 11.0. The molecule has 1 fully saturated rings. The number of benzene rings is 1. The van der Waals surface area contributed by atoms with Crippen LogP contribution in [-0.4, -0.2) is 25.7 Å². The maximum Gasteiger partial charge on any atom is 0.302 e. The minimum absolute atomic E-state index is 0.128. The second-order valence-electron chi connectivity index (χ2n) is 6.90. The van der Waals surface area contributed by atoms with E-state index < -0.39 is 0 Å². The minimum atomic E-state index is -0.149. The number of rotatable bonds is 6. The average Bonchev–Trinajstić information content (AvgIpc) is 2.53. The van der Waals surface area contributed by atoms with Gasteiger partial charge in [0.2, 0.25) is 0 Å². The van der Waals surface area contributed by atoms with Crippen molar-refractivity contribution in [2.45, 2.75) is 71.3 Å². The van der Waals surface area contributed by atoms with Gasteiger partial charge in [-0.05, 0) is 68.2 Å². The van der Waals surface area contributed by atoms with Gasteiger partial charge in [0.15, 0.2) is 0 Å². The second kappa shape index (κ2) is 8.37. The lowest BCUT2D eigenvalue weighted by atomic mass is 9.81. The van der Waals surface area contributed by atoms with Crippen molar-refractivity contribution >= 4 is 11.7 Å². The zero-order valence-corrected chi connectivity index (χ0v) is 15.1. The lowest BCUT2D eigenvalue weighted by Gasteiger charge is -2.30. The van der Waals surface area contributed by atoms with Crippen molar-refractivity contribution in [1.82, 2.24) is 0 Å². The largest absolute Gasteiger partial charge is 0.463 e. The highest BCUT2D eigenvalue weighted by molar-refractivity contribution is 5.66. The van der Waals surface area contributed by atoms with E-state index in [0.717, 1.165) is 32.2 Å². The van der Waals surface area contributed by atoms with E-state index in [-0.39, 0.29) is 12.1 Å². The van der Waals surface area contributed by atoms with Crippen LogP contribution < -0.4 is 4.90 Å². The summed E-state index contributed by atoms with van der Waals surface area (Å²) < 4.78 is 5.35. The van der Waals surface area contributed by atoms with Gasteiger partial charge in [0.1, 0.15) is 6.10 Å². The van der Waals surface area contributed by atoms with E-state index in [0.29, 0.717) is 5.92 Å². The summed E-state index contributed by atoms with van der Waals surface area (Å²) >= 11 is 0. The fourth-order valence-corrected chi connectivity index (χ4v) is 3.61. The van der Waals surface area contributed by atoms with Crippen molar-refractivity contribution in [2.75, 3.05) is 18.5 Å². The summed E-state index contributed by atoms with van der Waals surface area (Å²) in [7, 11) is 2.18. The Morgan fingerprint density at radius 3 is 2.52 bits per heavy atom. The van der Waals surface area contributed by atoms with E-state index in [1.807, 2.05) is 0 Å². The molecule has 1 aliphatic rings. The number of nitrogens with zero attached hydrogens (tertiary/aromatic N) is 1. The third-order valence-corrected chi connectivity index (χ3v) is 4.99. The lowest BCUT2D eigenvalue weighted by molar-refractivity contribution is -0.147. The van der Waals surface area contributed by atoms with E-state index in [2.05, 4.69) is 44.0 Å². The number of carbonyl (C=O) groups excluding carboxylic acids is 1. The number of ether oxygens (including phenoxy) is 1. The lowest BCUT2D eigenvalue weighted by Crippen LogP contribution is -2.23. The van der Waals surface area contributed by atoms with Crippen LogP contribution in [0.4, 0.5) is 5.69 Å². The Morgan fingerprint density at radius 2 is 1.96 bits per heavy atom. The van der Waals surface area contributed by atoms with Crippen LogP contribution in [-0.2, 0) is 9.53 Å². The van der Waals surface area contributed by atoms with E-state index in [1.54, 1.807) is 0 Å². The summed E-state index contributed by atoms with van der Waals surface area (Å²) in [4.78, 5) is 13.4. The first-order valence-electron chi connectivity index (χ1n) is 9.00. The maximum absolute atomic E-state index is 11.1. The SMILES string of the molecule is CCCCN(C)c1ccc(C2CCC(OC(C)=O)CC2)c(C)c1. The molecule has 1 aromatic carbocycles. The Morgan fingerprint density at radius 1 is 1.26 bits per heavy atom. The predicted octanol–water partition coefficient (Wildman–Crippen LogP) is 4.82. The molecular weight excluding hydrogens is 286 g/mol. The van der Waals surface area contributed by atoms with Crippen molar-refractivity contribution < 1.29 is 9.53 Å². The molecule has 3 nitrogen and oxygen atoms in total. The van der Waals surface area contributed by atoms with Crippen molar-refractivity contribution in [2.24, 2.45) is 0 Å². The molecule has 1 aromatic rings. The van der Waals surface area contributed by atoms with Crippen LogP contribution in [0.25, 0.3) is 0 Å². The fourth-order valence-electron chi connectivity index (χ4n) is 3.61. The number of unbranched alkanes of at least 4 members (excludes halogenated alkanes) is 1. The van der Waals surface area contributed by atoms with E-state index in [1.165, 1.54) is 36.6 Å². The molecule has 0 heterocycles. The van der Waals surface area contributed by atoms with Crippen LogP contribution >= 0.6 is 0 Å². The third-order valence-electron chi connectivity index (χ3n) is 4.99. The molecule has 2 rings (SSSR count). The van der Waals surface area contributed by atoms with Crippen molar-refractivity contribution in [3.8, 4) is 0 Å². The fraction of sp³-hybridized carbons (Fsp3) is 0.650.